The third-order valence-corrected chi connectivity index (χ3v) is 4.45. The number of pyridine rings is 1. The molecule has 28 heavy (non-hydrogen) atoms. The summed E-state index contributed by atoms with van der Waals surface area (Å²) < 4.78 is 10.7. The van der Waals surface area contributed by atoms with E-state index in [1.165, 1.54) is 7.11 Å². The van der Waals surface area contributed by atoms with Crippen molar-refractivity contribution in [3.63, 3.8) is 0 Å². The van der Waals surface area contributed by atoms with E-state index in [-0.39, 0.29) is 12.0 Å². The Morgan fingerprint density at radius 2 is 1.93 bits per heavy atom. The van der Waals surface area contributed by atoms with Crippen LogP contribution in [0.15, 0.2) is 18.2 Å². The summed E-state index contributed by atoms with van der Waals surface area (Å²) in [6.45, 7) is 2.70. The fourth-order valence-corrected chi connectivity index (χ4v) is 3.25. The van der Waals surface area contributed by atoms with Gasteiger partial charge in [-0.1, -0.05) is 19.4 Å². The second-order valence-electron chi connectivity index (χ2n) is 6.28. The van der Waals surface area contributed by atoms with E-state index in [1.54, 1.807) is 7.11 Å². The van der Waals surface area contributed by atoms with Gasteiger partial charge in [0.1, 0.15) is 17.0 Å². The molecule has 0 saturated carbocycles. The van der Waals surface area contributed by atoms with Gasteiger partial charge in [-0.25, -0.2) is 15.0 Å². The van der Waals surface area contributed by atoms with Crippen LogP contribution in [0.4, 0.5) is 17.5 Å². The highest BCUT2D eigenvalue weighted by Gasteiger charge is 2.25. The fraction of sp³-hybridized carbons (Fsp3) is 0.316. The van der Waals surface area contributed by atoms with Crippen LogP contribution in [-0.2, 0) is 6.42 Å². The number of nitrogens with zero attached hydrogens (tertiary/aromatic N) is 6. The van der Waals surface area contributed by atoms with Crippen molar-refractivity contribution in [1.29, 1.82) is 0 Å². The maximum atomic E-state index is 5.85. The van der Waals surface area contributed by atoms with Gasteiger partial charge in [0, 0.05) is 6.54 Å². The Hall–Kier alpha value is -3.49. The van der Waals surface area contributed by atoms with Crippen molar-refractivity contribution < 1.29 is 9.47 Å². The highest BCUT2D eigenvalue weighted by Crippen LogP contribution is 2.38. The number of methoxy groups -OCH3 is 2. The molecule has 0 aromatic carbocycles. The van der Waals surface area contributed by atoms with Gasteiger partial charge in [0.15, 0.2) is 0 Å². The predicted octanol–water partition coefficient (Wildman–Crippen LogP) is 2.53. The molecule has 1 aliphatic heterocycles. The zero-order chi connectivity index (χ0) is 19.7. The number of ether oxygens (including phenoxy) is 2. The summed E-state index contributed by atoms with van der Waals surface area (Å²) in [5.74, 6) is 1.42. The van der Waals surface area contributed by atoms with Gasteiger partial charge in [-0.05, 0) is 24.6 Å². The minimum absolute atomic E-state index is 0.252. The zero-order valence-corrected chi connectivity index (χ0v) is 16.0. The first-order valence-electron chi connectivity index (χ1n) is 9.01. The molecule has 2 N–H and O–H groups in total. The molecule has 0 unspecified atom stereocenters. The summed E-state index contributed by atoms with van der Waals surface area (Å²) in [6.07, 6.45) is 5.65. The van der Waals surface area contributed by atoms with Crippen LogP contribution in [0.5, 0.6) is 11.9 Å². The number of hydrogen-bond acceptors (Lipinski definition) is 9. The summed E-state index contributed by atoms with van der Waals surface area (Å²) >= 11 is 0. The predicted molar refractivity (Wildman–Crippen MR) is 107 cm³/mol. The van der Waals surface area contributed by atoms with Gasteiger partial charge in [0.2, 0.25) is 11.8 Å². The molecule has 0 spiro atoms. The minimum atomic E-state index is 0.252. The largest absolute Gasteiger partial charge is 0.479 e. The molecule has 3 aromatic rings. The van der Waals surface area contributed by atoms with E-state index in [2.05, 4.69) is 26.9 Å². The first-order chi connectivity index (χ1) is 13.6. The Kier molecular flexibility index (Phi) is 4.64. The number of aromatic nitrogens is 5. The lowest BCUT2D eigenvalue weighted by Crippen LogP contribution is -2.23. The molecule has 0 fully saturated rings. The molecule has 4 rings (SSSR count). The molecular formula is C19H21N7O2. The molecular weight excluding hydrogens is 358 g/mol. The third kappa shape index (κ3) is 3.04. The quantitative estimate of drug-likeness (QED) is 0.714. The number of nitrogens with two attached hydrogens (primary N) is 1. The van der Waals surface area contributed by atoms with Crippen LogP contribution < -0.4 is 20.1 Å². The highest BCUT2D eigenvalue weighted by atomic mass is 16.5. The van der Waals surface area contributed by atoms with Crippen molar-refractivity contribution >= 4 is 34.6 Å². The van der Waals surface area contributed by atoms with Crippen LogP contribution in [0.25, 0.3) is 17.1 Å². The van der Waals surface area contributed by atoms with E-state index in [0.29, 0.717) is 18.1 Å². The molecule has 4 heterocycles. The van der Waals surface area contributed by atoms with Gasteiger partial charge in [0.25, 0.3) is 0 Å². The van der Waals surface area contributed by atoms with Crippen LogP contribution in [0, 0.1) is 0 Å². The Bertz CT molecular complexity index is 1070. The lowest BCUT2D eigenvalue weighted by Gasteiger charge is -2.28. The first kappa shape index (κ1) is 17.9. The minimum Gasteiger partial charge on any atom is -0.479 e. The summed E-state index contributed by atoms with van der Waals surface area (Å²) in [5, 5.41) is 0. The van der Waals surface area contributed by atoms with E-state index < -0.39 is 0 Å². The molecule has 0 saturated heterocycles. The van der Waals surface area contributed by atoms with E-state index >= 15 is 0 Å². The number of nitrogen functional groups attached to an aromatic ring is 1. The van der Waals surface area contributed by atoms with Gasteiger partial charge in [-0.3, -0.25) is 0 Å². The van der Waals surface area contributed by atoms with Crippen LogP contribution in [0.2, 0.25) is 0 Å². The maximum absolute atomic E-state index is 5.85. The van der Waals surface area contributed by atoms with Crippen LogP contribution in [-0.4, -0.2) is 45.7 Å². The molecule has 0 atom stereocenters. The molecule has 3 aromatic heterocycles. The van der Waals surface area contributed by atoms with Gasteiger partial charge in [-0.15, -0.1) is 0 Å². The van der Waals surface area contributed by atoms with E-state index in [9.17, 15) is 0 Å². The van der Waals surface area contributed by atoms with E-state index in [0.717, 1.165) is 41.1 Å². The van der Waals surface area contributed by atoms with Gasteiger partial charge in [-0.2, -0.15) is 9.97 Å². The van der Waals surface area contributed by atoms with Crippen molar-refractivity contribution in [3.8, 4) is 11.9 Å². The average molecular weight is 379 g/mol. The van der Waals surface area contributed by atoms with Crippen molar-refractivity contribution in [2.24, 2.45) is 0 Å². The third-order valence-electron chi connectivity index (χ3n) is 4.45. The number of rotatable bonds is 5. The average Bonchev–Trinajstić information content (AvgIpc) is 2.72. The van der Waals surface area contributed by atoms with E-state index in [1.807, 2.05) is 29.2 Å². The summed E-state index contributed by atoms with van der Waals surface area (Å²) in [5.41, 5.74) is 9.62. The number of anilines is 3. The molecule has 9 heteroatoms. The Morgan fingerprint density at radius 1 is 1.07 bits per heavy atom. The fourth-order valence-electron chi connectivity index (χ4n) is 3.25. The summed E-state index contributed by atoms with van der Waals surface area (Å²) in [4.78, 5) is 24.3. The maximum Gasteiger partial charge on any atom is 0.320 e. The standard InChI is InChI=1S/C19H21N7O2/c1-4-6-11-15-12(22-18(20)21-11)8-9-14(24-15)26-10-5-7-13-16(26)17(27-2)25-19(23-13)28-3/h5,7-9H,4,6,10H2,1-3H3,(H2,20,21,22). The number of fused-ring (bicyclic) bond motifs is 2. The Labute approximate surface area is 162 Å². The van der Waals surface area contributed by atoms with Crippen LogP contribution in [0.3, 0.4) is 0 Å². The van der Waals surface area contributed by atoms with Crippen molar-refractivity contribution in [2.75, 3.05) is 31.4 Å². The normalized spacial score (nSPS) is 12.9. The van der Waals surface area contributed by atoms with Crippen molar-refractivity contribution in [3.05, 3.63) is 29.6 Å². The Morgan fingerprint density at radius 3 is 2.68 bits per heavy atom. The lowest BCUT2D eigenvalue weighted by atomic mass is 10.1. The monoisotopic (exact) mass is 379 g/mol. The zero-order valence-electron chi connectivity index (χ0n) is 16.0. The summed E-state index contributed by atoms with van der Waals surface area (Å²) in [7, 11) is 3.10. The van der Waals surface area contributed by atoms with Gasteiger partial charge < -0.3 is 20.1 Å². The highest BCUT2D eigenvalue weighted by molar-refractivity contribution is 5.83. The van der Waals surface area contributed by atoms with Crippen LogP contribution in [0.1, 0.15) is 24.7 Å². The smallest absolute Gasteiger partial charge is 0.320 e. The summed E-state index contributed by atoms with van der Waals surface area (Å²) in [6, 6.07) is 4.06. The molecule has 0 bridgehead atoms. The second-order valence-corrected chi connectivity index (χ2v) is 6.28. The molecule has 0 radical (unpaired) electrons. The SMILES string of the molecule is CCCc1nc(N)nc2ccc(N3CC=Cc4nc(OC)nc(OC)c43)nc12. The first-order valence-corrected chi connectivity index (χ1v) is 9.01. The Balaban J connectivity index is 1.87. The van der Waals surface area contributed by atoms with E-state index in [4.69, 9.17) is 20.2 Å². The molecule has 144 valence electrons. The van der Waals surface area contributed by atoms with Crippen LogP contribution >= 0.6 is 0 Å². The number of aryl methyl sites for hydroxylation is 1. The van der Waals surface area contributed by atoms with Gasteiger partial charge >= 0.3 is 6.01 Å². The molecule has 0 aliphatic carbocycles. The van der Waals surface area contributed by atoms with Crippen molar-refractivity contribution in [2.45, 2.75) is 19.8 Å². The second kappa shape index (κ2) is 7.26. The van der Waals surface area contributed by atoms with Crippen molar-refractivity contribution in [1.82, 2.24) is 24.9 Å². The molecule has 1 aliphatic rings. The van der Waals surface area contributed by atoms with Gasteiger partial charge in [0.05, 0.1) is 31.1 Å². The molecule has 0 amide bonds. The topological polar surface area (TPSA) is 112 Å². The molecule has 9 nitrogen and oxygen atoms in total. The number of hydrogen-bond donors (Lipinski definition) is 1. The lowest BCUT2D eigenvalue weighted by molar-refractivity contribution is 0.352.